The molecular weight excluding hydrogens is 270 g/mol. The van der Waals surface area contributed by atoms with E-state index in [1.54, 1.807) is 0 Å². The van der Waals surface area contributed by atoms with Crippen LogP contribution in [0.15, 0.2) is 26.4 Å². The van der Waals surface area contributed by atoms with Crippen molar-refractivity contribution in [2.75, 3.05) is 6.54 Å². The number of rotatable bonds is 4. The second kappa shape index (κ2) is 5.70. The van der Waals surface area contributed by atoms with E-state index in [4.69, 9.17) is 4.42 Å². The highest BCUT2D eigenvalue weighted by molar-refractivity contribution is 8.18. The standard InChI is InChI=1S/C11H11N3O4S/c1-2-5-12-11-13-10(15)8(19-11)6-7-3-4-9(18-7)14(16)17/h3-4,6H,2,5H2,1H3,(H,12,13,15)/b8-6+. The third-order valence-corrected chi connectivity index (χ3v) is 3.14. The van der Waals surface area contributed by atoms with Crippen LogP contribution < -0.4 is 5.32 Å². The van der Waals surface area contributed by atoms with Crippen molar-refractivity contribution in [1.82, 2.24) is 5.32 Å². The quantitative estimate of drug-likeness (QED) is 0.518. The fraction of sp³-hybridized carbons (Fsp3) is 0.273. The summed E-state index contributed by atoms with van der Waals surface area (Å²) in [5, 5.41) is 13.6. The average molecular weight is 281 g/mol. The van der Waals surface area contributed by atoms with E-state index >= 15 is 0 Å². The second-order valence-electron chi connectivity index (χ2n) is 3.68. The number of nitro groups is 1. The summed E-state index contributed by atoms with van der Waals surface area (Å²) in [5.41, 5.74) is 0. The number of aliphatic imine (C=N–C) groups is 1. The van der Waals surface area contributed by atoms with Gasteiger partial charge < -0.3 is 9.73 Å². The Morgan fingerprint density at radius 1 is 1.58 bits per heavy atom. The van der Waals surface area contributed by atoms with Crippen molar-refractivity contribution in [1.29, 1.82) is 0 Å². The zero-order chi connectivity index (χ0) is 13.8. The van der Waals surface area contributed by atoms with Gasteiger partial charge in [0.1, 0.15) is 10.7 Å². The van der Waals surface area contributed by atoms with Crippen LogP contribution >= 0.6 is 11.8 Å². The van der Waals surface area contributed by atoms with Crippen molar-refractivity contribution >= 4 is 34.8 Å². The Bertz CT molecular complexity index is 576. The minimum absolute atomic E-state index is 0.265. The largest absolute Gasteiger partial charge is 0.433 e. The molecule has 1 aromatic heterocycles. The van der Waals surface area contributed by atoms with E-state index in [0.29, 0.717) is 16.6 Å². The first-order chi connectivity index (χ1) is 9.10. The fourth-order valence-electron chi connectivity index (χ4n) is 1.36. The normalized spacial score (nSPS) is 19.1. The number of amides is 1. The van der Waals surface area contributed by atoms with E-state index in [0.717, 1.165) is 6.42 Å². The highest BCUT2D eigenvalue weighted by atomic mass is 32.2. The number of carbonyl (C=O) groups excluding carboxylic acids is 1. The lowest BCUT2D eigenvalue weighted by atomic mass is 10.4. The molecular formula is C11H11N3O4S. The molecule has 1 aliphatic heterocycles. The zero-order valence-electron chi connectivity index (χ0n) is 10.1. The van der Waals surface area contributed by atoms with Crippen LogP contribution in [0.4, 0.5) is 5.88 Å². The third-order valence-electron chi connectivity index (χ3n) is 2.20. The van der Waals surface area contributed by atoms with Crippen molar-refractivity contribution in [3.8, 4) is 0 Å². The third kappa shape index (κ3) is 3.22. The minimum atomic E-state index is -0.627. The van der Waals surface area contributed by atoms with E-state index < -0.39 is 4.92 Å². The SMILES string of the molecule is CCCN=C1NC(=O)/C(=C\c2ccc([N+](=O)[O-])o2)S1. The number of nitrogens with one attached hydrogen (secondary N) is 1. The number of furan rings is 1. The lowest BCUT2D eigenvalue weighted by molar-refractivity contribution is -0.402. The van der Waals surface area contributed by atoms with Gasteiger partial charge >= 0.3 is 5.88 Å². The maximum absolute atomic E-state index is 11.6. The molecule has 8 heteroatoms. The molecule has 7 nitrogen and oxygen atoms in total. The van der Waals surface area contributed by atoms with E-state index in [1.807, 2.05) is 6.92 Å². The zero-order valence-corrected chi connectivity index (χ0v) is 10.9. The van der Waals surface area contributed by atoms with E-state index in [1.165, 1.54) is 30.0 Å². The van der Waals surface area contributed by atoms with E-state index in [2.05, 4.69) is 10.3 Å². The summed E-state index contributed by atoms with van der Waals surface area (Å²) < 4.78 is 4.96. The molecule has 0 bridgehead atoms. The van der Waals surface area contributed by atoms with Gasteiger partial charge in [0.15, 0.2) is 5.17 Å². The van der Waals surface area contributed by atoms with Crippen LogP contribution in [0.2, 0.25) is 0 Å². The van der Waals surface area contributed by atoms with Gasteiger partial charge in [-0.05, 0) is 24.2 Å². The summed E-state index contributed by atoms with van der Waals surface area (Å²) in [6, 6.07) is 2.69. The number of thioether (sulfide) groups is 1. The van der Waals surface area contributed by atoms with Gasteiger partial charge in [-0.15, -0.1) is 0 Å². The van der Waals surface area contributed by atoms with Gasteiger partial charge in [-0.2, -0.15) is 0 Å². The number of hydrogen-bond acceptors (Lipinski definition) is 6. The van der Waals surface area contributed by atoms with Crippen molar-refractivity contribution in [2.24, 2.45) is 4.99 Å². The van der Waals surface area contributed by atoms with Crippen LogP contribution in [0, 0.1) is 10.1 Å². The number of amidine groups is 1. The molecule has 2 heterocycles. The van der Waals surface area contributed by atoms with Crippen LogP contribution in [0.1, 0.15) is 19.1 Å². The second-order valence-corrected chi connectivity index (χ2v) is 4.72. The Morgan fingerprint density at radius 2 is 2.37 bits per heavy atom. The van der Waals surface area contributed by atoms with E-state index in [9.17, 15) is 14.9 Å². The molecule has 0 saturated carbocycles. The van der Waals surface area contributed by atoms with Crippen molar-refractivity contribution in [3.63, 3.8) is 0 Å². The van der Waals surface area contributed by atoms with Crippen molar-refractivity contribution in [2.45, 2.75) is 13.3 Å². The Hall–Kier alpha value is -2.09. The Labute approximate surface area is 112 Å². The molecule has 1 N–H and O–H groups in total. The first-order valence-electron chi connectivity index (χ1n) is 5.59. The van der Waals surface area contributed by atoms with Gasteiger partial charge in [-0.25, -0.2) is 0 Å². The summed E-state index contributed by atoms with van der Waals surface area (Å²) in [4.78, 5) is 26.1. The Balaban J connectivity index is 2.15. The number of carbonyl (C=O) groups is 1. The molecule has 0 spiro atoms. The van der Waals surface area contributed by atoms with Crippen LogP contribution in [-0.4, -0.2) is 22.5 Å². The molecule has 0 unspecified atom stereocenters. The molecule has 100 valence electrons. The van der Waals surface area contributed by atoms with Gasteiger partial charge in [0.05, 0.1) is 11.0 Å². The molecule has 1 amide bonds. The van der Waals surface area contributed by atoms with Crippen molar-refractivity contribution in [3.05, 3.63) is 32.9 Å². The molecule has 19 heavy (non-hydrogen) atoms. The molecule has 1 saturated heterocycles. The first-order valence-corrected chi connectivity index (χ1v) is 6.41. The van der Waals surface area contributed by atoms with Gasteiger partial charge in [0, 0.05) is 12.6 Å². The summed E-state index contributed by atoms with van der Waals surface area (Å²) in [5.74, 6) is -0.366. The highest BCUT2D eigenvalue weighted by Gasteiger charge is 2.24. The average Bonchev–Trinajstić information content (AvgIpc) is 2.95. The van der Waals surface area contributed by atoms with Crippen LogP contribution in [0.25, 0.3) is 6.08 Å². The summed E-state index contributed by atoms with van der Waals surface area (Å²) in [6.45, 7) is 2.63. The monoisotopic (exact) mass is 281 g/mol. The lowest BCUT2D eigenvalue weighted by Crippen LogP contribution is -2.19. The number of hydrogen-bond donors (Lipinski definition) is 1. The van der Waals surface area contributed by atoms with Crippen LogP contribution in [0.3, 0.4) is 0 Å². The molecule has 1 aromatic rings. The summed E-state index contributed by atoms with van der Waals surface area (Å²) >= 11 is 1.19. The molecule has 1 fully saturated rings. The molecule has 2 rings (SSSR count). The molecule has 0 aliphatic carbocycles. The van der Waals surface area contributed by atoms with Crippen LogP contribution in [-0.2, 0) is 4.79 Å². The first kappa shape index (κ1) is 13.3. The van der Waals surface area contributed by atoms with E-state index in [-0.39, 0.29) is 17.6 Å². The predicted molar refractivity (Wildman–Crippen MR) is 71.7 cm³/mol. The maximum Gasteiger partial charge on any atom is 0.433 e. The highest BCUT2D eigenvalue weighted by Crippen LogP contribution is 2.27. The van der Waals surface area contributed by atoms with Gasteiger partial charge in [0.2, 0.25) is 0 Å². The van der Waals surface area contributed by atoms with Crippen molar-refractivity contribution < 1.29 is 14.1 Å². The minimum Gasteiger partial charge on any atom is -0.401 e. The lowest BCUT2D eigenvalue weighted by Gasteiger charge is -1.91. The van der Waals surface area contributed by atoms with Gasteiger partial charge in [-0.1, -0.05) is 6.92 Å². The maximum atomic E-state index is 11.6. The van der Waals surface area contributed by atoms with Gasteiger partial charge in [-0.3, -0.25) is 19.9 Å². The summed E-state index contributed by atoms with van der Waals surface area (Å²) in [6.07, 6.45) is 2.35. The van der Waals surface area contributed by atoms with Crippen LogP contribution in [0.5, 0.6) is 0 Å². The Kier molecular flexibility index (Phi) is 4.00. The fourth-order valence-corrected chi connectivity index (χ4v) is 2.19. The molecule has 0 atom stereocenters. The Morgan fingerprint density at radius 3 is 3.00 bits per heavy atom. The predicted octanol–water partition coefficient (Wildman–Crippen LogP) is 2.16. The topological polar surface area (TPSA) is 97.7 Å². The molecule has 0 aromatic carbocycles. The molecule has 1 aliphatic rings. The smallest absolute Gasteiger partial charge is 0.401 e. The molecule has 0 radical (unpaired) electrons. The summed E-state index contributed by atoms with van der Waals surface area (Å²) in [7, 11) is 0. The van der Waals surface area contributed by atoms with Gasteiger partial charge in [0.25, 0.3) is 5.91 Å². The number of nitrogens with zero attached hydrogens (tertiary/aromatic N) is 2.